The first-order valence-electron chi connectivity index (χ1n) is 13.1. The number of para-hydroxylation sites is 2. The number of halogens is 1. The second-order valence-electron chi connectivity index (χ2n) is 10.0. The third-order valence-electron chi connectivity index (χ3n) is 6.88. The number of rotatable bonds is 8. The van der Waals surface area contributed by atoms with Crippen molar-refractivity contribution in [2.75, 3.05) is 36.8 Å². The van der Waals surface area contributed by atoms with E-state index in [0.717, 1.165) is 0 Å². The summed E-state index contributed by atoms with van der Waals surface area (Å²) in [6.45, 7) is 3.73. The topological polar surface area (TPSA) is 128 Å². The van der Waals surface area contributed by atoms with Crippen molar-refractivity contribution in [3.63, 3.8) is 0 Å². The van der Waals surface area contributed by atoms with Gasteiger partial charge in [-0.25, -0.2) is 13.2 Å². The van der Waals surface area contributed by atoms with Gasteiger partial charge in [-0.2, -0.15) is 0 Å². The smallest absolute Gasteiger partial charge is 0.321 e. The maximum atomic E-state index is 13.7. The number of carbonyl (C=O) groups is 2. The molecule has 0 saturated heterocycles. The van der Waals surface area contributed by atoms with Crippen LogP contribution in [0.3, 0.4) is 0 Å². The van der Waals surface area contributed by atoms with Gasteiger partial charge in [0.2, 0.25) is 0 Å². The lowest BCUT2D eigenvalue weighted by Gasteiger charge is -2.38. The van der Waals surface area contributed by atoms with Crippen LogP contribution in [0.1, 0.15) is 24.2 Å². The minimum Gasteiger partial charge on any atom is -0.485 e. The summed E-state index contributed by atoms with van der Waals surface area (Å²) >= 11 is 5.93. The van der Waals surface area contributed by atoms with E-state index in [4.69, 9.17) is 16.3 Å². The fraction of sp³-hybridized carbons (Fsp3) is 0.310. The zero-order chi connectivity index (χ0) is 29.7. The van der Waals surface area contributed by atoms with Crippen LogP contribution in [0.4, 0.5) is 16.2 Å². The van der Waals surface area contributed by atoms with Crippen molar-refractivity contribution < 1.29 is 27.9 Å². The van der Waals surface area contributed by atoms with Gasteiger partial charge < -0.3 is 25.0 Å². The third kappa shape index (κ3) is 7.10. The number of likely N-dealkylation sites (N-methyl/N-ethyl adjacent to an activating group) is 1. The summed E-state index contributed by atoms with van der Waals surface area (Å²) in [5.74, 6) is -0.665. The van der Waals surface area contributed by atoms with Gasteiger partial charge in [0.1, 0.15) is 6.10 Å². The molecule has 0 bridgehead atoms. The lowest BCUT2D eigenvalue weighted by Crippen LogP contribution is -2.50. The molecule has 1 heterocycles. The molecule has 0 saturated carbocycles. The van der Waals surface area contributed by atoms with Gasteiger partial charge in [-0.05, 0) is 55.5 Å². The van der Waals surface area contributed by atoms with Gasteiger partial charge in [0.05, 0.1) is 35.3 Å². The molecular formula is C29H33ClN4O6S. The van der Waals surface area contributed by atoms with Crippen molar-refractivity contribution in [2.45, 2.75) is 30.9 Å². The highest BCUT2D eigenvalue weighted by molar-refractivity contribution is 7.92. The maximum absolute atomic E-state index is 13.7. The van der Waals surface area contributed by atoms with E-state index in [1.807, 2.05) is 25.1 Å². The van der Waals surface area contributed by atoms with E-state index in [-0.39, 0.29) is 53.5 Å². The molecule has 0 unspecified atom stereocenters. The van der Waals surface area contributed by atoms with Crippen LogP contribution in [-0.4, -0.2) is 74.2 Å². The molecule has 0 radical (unpaired) electrons. The number of sulfonamides is 1. The fourth-order valence-electron chi connectivity index (χ4n) is 4.45. The molecule has 0 aromatic heterocycles. The Bertz CT molecular complexity index is 1490. The summed E-state index contributed by atoms with van der Waals surface area (Å²) in [6, 6.07) is 18.4. The monoisotopic (exact) mass is 600 g/mol. The van der Waals surface area contributed by atoms with Crippen LogP contribution < -0.4 is 14.8 Å². The molecular weight excluding hydrogens is 568 g/mol. The highest BCUT2D eigenvalue weighted by Gasteiger charge is 2.35. The van der Waals surface area contributed by atoms with Crippen molar-refractivity contribution in [3.8, 4) is 5.75 Å². The van der Waals surface area contributed by atoms with Crippen LogP contribution in [0.15, 0.2) is 77.7 Å². The molecule has 0 spiro atoms. The Morgan fingerprint density at radius 2 is 1.80 bits per heavy atom. The quantitative estimate of drug-likeness (QED) is 0.349. The Balaban J connectivity index is 1.69. The number of amides is 3. The highest BCUT2D eigenvalue weighted by atomic mass is 35.5. The molecule has 218 valence electrons. The van der Waals surface area contributed by atoms with Gasteiger partial charge in [0, 0.05) is 30.2 Å². The van der Waals surface area contributed by atoms with Crippen molar-refractivity contribution in [1.82, 2.24) is 9.80 Å². The molecule has 12 heteroatoms. The molecule has 0 fully saturated rings. The summed E-state index contributed by atoms with van der Waals surface area (Å²) in [4.78, 5) is 29.6. The average molecular weight is 601 g/mol. The van der Waals surface area contributed by atoms with E-state index in [1.165, 1.54) is 35.2 Å². The number of nitrogens with one attached hydrogen (secondary N) is 2. The van der Waals surface area contributed by atoms with Gasteiger partial charge in [0.15, 0.2) is 5.75 Å². The van der Waals surface area contributed by atoms with Crippen molar-refractivity contribution in [1.29, 1.82) is 0 Å². The molecule has 3 N–H and O–H groups in total. The van der Waals surface area contributed by atoms with E-state index in [9.17, 15) is 23.1 Å². The second kappa shape index (κ2) is 12.8. The predicted octanol–water partition coefficient (Wildman–Crippen LogP) is 4.52. The van der Waals surface area contributed by atoms with E-state index in [2.05, 4.69) is 10.0 Å². The van der Waals surface area contributed by atoms with E-state index in [1.54, 1.807) is 43.1 Å². The van der Waals surface area contributed by atoms with Crippen LogP contribution in [0.25, 0.3) is 0 Å². The number of fused-ring (bicyclic) bond motifs is 1. The SMILES string of the molecule is C[C@H]1CN([C@@H](C)CO)C(=O)c2cccc(NS(=O)(=O)c3ccc(Cl)cc3)c2O[C@@H]1CN(C)C(=O)Nc1ccccc1. The normalized spacial score (nSPS) is 17.9. The fourth-order valence-corrected chi connectivity index (χ4v) is 5.64. The molecule has 1 aliphatic heterocycles. The maximum Gasteiger partial charge on any atom is 0.321 e. The first kappa shape index (κ1) is 30.2. The van der Waals surface area contributed by atoms with E-state index in [0.29, 0.717) is 10.7 Å². The largest absolute Gasteiger partial charge is 0.485 e. The van der Waals surface area contributed by atoms with Crippen molar-refractivity contribution in [2.24, 2.45) is 5.92 Å². The van der Waals surface area contributed by atoms with Crippen molar-refractivity contribution in [3.05, 3.63) is 83.4 Å². The number of carbonyl (C=O) groups excluding carboxylic acids is 2. The van der Waals surface area contributed by atoms with Gasteiger partial charge in [0.25, 0.3) is 15.9 Å². The Morgan fingerprint density at radius 1 is 1.12 bits per heavy atom. The summed E-state index contributed by atoms with van der Waals surface area (Å²) in [6.07, 6.45) is -0.636. The van der Waals surface area contributed by atoms with E-state index >= 15 is 0 Å². The number of hydrogen-bond acceptors (Lipinski definition) is 6. The predicted molar refractivity (Wildman–Crippen MR) is 158 cm³/mol. The highest BCUT2D eigenvalue weighted by Crippen LogP contribution is 2.36. The lowest BCUT2D eigenvalue weighted by molar-refractivity contribution is 0.0373. The first-order valence-corrected chi connectivity index (χ1v) is 14.9. The van der Waals surface area contributed by atoms with E-state index < -0.39 is 28.1 Å². The minimum absolute atomic E-state index is 0.0190. The van der Waals surface area contributed by atoms with Gasteiger partial charge in [-0.15, -0.1) is 0 Å². The molecule has 3 amide bonds. The molecule has 3 aromatic carbocycles. The number of aliphatic hydroxyl groups is 1. The third-order valence-corrected chi connectivity index (χ3v) is 8.52. The number of urea groups is 1. The van der Waals surface area contributed by atoms with Crippen LogP contribution in [-0.2, 0) is 10.0 Å². The van der Waals surface area contributed by atoms with Gasteiger partial charge >= 0.3 is 6.03 Å². The number of anilines is 2. The Hall–Kier alpha value is -3.80. The molecule has 1 aliphatic rings. The minimum atomic E-state index is -4.07. The average Bonchev–Trinajstić information content (AvgIpc) is 2.95. The van der Waals surface area contributed by atoms with Crippen LogP contribution in [0, 0.1) is 5.92 Å². The van der Waals surface area contributed by atoms with Crippen LogP contribution in [0.5, 0.6) is 5.75 Å². The van der Waals surface area contributed by atoms with Crippen LogP contribution in [0.2, 0.25) is 5.02 Å². The van der Waals surface area contributed by atoms with Gasteiger partial charge in [-0.3, -0.25) is 9.52 Å². The summed E-state index contributed by atoms with van der Waals surface area (Å²) in [5, 5.41) is 13.1. The molecule has 3 aromatic rings. The molecule has 41 heavy (non-hydrogen) atoms. The number of benzene rings is 3. The Morgan fingerprint density at radius 3 is 2.46 bits per heavy atom. The molecule has 3 atom stereocenters. The molecule has 0 aliphatic carbocycles. The molecule has 4 rings (SSSR count). The Labute approximate surface area is 244 Å². The summed E-state index contributed by atoms with van der Waals surface area (Å²) < 4.78 is 35.4. The zero-order valence-corrected chi connectivity index (χ0v) is 24.5. The Kier molecular flexibility index (Phi) is 9.42. The summed E-state index contributed by atoms with van der Waals surface area (Å²) in [7, 11) is -2.44. The van der Waals surface area contributed by atoms with Crippen molar-refractivity contribution >= 4 is 44.9 Å². The molecule has 10 nitrogen and oxygen atoms in total. The standard InChI is InChI=1S/C29H33ClN4O6S/c1-19-16-34(20(2)18-35)28(36)24-10-7-11-25(32-41(38,39)23-14-12-21(30)13-15-23)27(24)40-26(19)17-33(3)29(37)31-22-8-5-4-6-9-22/h4-15,19-20,26,32,35H,16-18H2,1-3H3,(H,31,37)/t19-,20-,26+/m0/s1. The summed E-state index contributed by atoms with van der Waals surface area (Å²) in [5.41, 5.74) is 0.835. The number of aliphatic hydroxyl groups excluding tert-OH is 1. The van der Waals surface area contributed by atoms with Gasteiger partial charge in [-0.1, -0.05) is 42.8 Å². The number of nitrogens with zero attached hydrogens (tertiary/aromatic N) is 2. The first-order chi connectivity index (χ1) is 19.5. The number of ether oxygens (including phenoxy) is 1. The number of hydrogen-bond donors (Lipinski definition) is 3. The zero-order valence-electron chi connectivity index (χ0n) is 23.0. The van der Waals surface area contributed by atoms with Crippen LogP contribution >= 0.6 is 11.6 Å². The lowest BCUT2D eigenvalue weighted by atomic mass is 9.99. The second-order valence-corrected chi connectivity index (χ2v) is 12.2.